The SMILES string of the molecule is Cc1cc(Br)c(O)c(C(=O)CCN)c1F. The van der Waals surface area contributed by atoms with Crippen LogP contribution in [0.4, 0.5) is 4.39 Å². The van der Waals surface area contributed by atoms with Crippen LogP contribution in [0, 0.1) is 12.7 Å². The predicted octanol–water partition coefficient (Wildman–Crippen LogP) is 2.13. The van der Waals surface area contributed by atoms with Gasteiger partial charge in [0.2, 0.25) is 0 Å². The average molecular weight is 276 g/mol. The molecule has 0 heterocycles. The number of aromatic hydroxyl groups is 1. The number of nitrogens with two attached hydrogens (primary N) is 1. The van der Waals surface area contributed by atoms with E-state index in [-0.39, 0.29) is 24.3 Å². The van der Waals surface area contributed by atoms with Crippen molar-refractivity contribution in [2.24, 2.45) is 5.73 Å². The molecular weight excluding hydrogens is 265 g/mol. The fourth-order valence-electron chi connectivity index (χ4n) is 1.25. The second-order valence-corrected chi connectivity index (χ2v) is 4.03. The molecule has 0 aliphatic heterocycles. The molecule has 0 radical (unpaired) electrons. The standard InChI is InChI=1S/C10H11BrFNO2/c1-5-4-6(11)10(15)8(9(5)12)7(14)2-3-13/h4,15H,2-3,13H2,1H3. The van der Waals surface area contributed by atoms with E-state index in [9.17, 15) is 14.3 Å². The van der Waals surface area contributed by atoms with Crippen LogP contribution in [0.3, 0.4) is 0 Å². The molecule has 0 fully saturated rings. The maximum atomic E-state index is 13.6. The van der Waals surface area contributed by atoms with E-state index in [0.717, 1.165) is 0 Å². The first kappa shape index (κ1) is 12.1. The fraction of sp³-hybridized carbons (Fsp3) is 0.300. The summed E-state index contributed by atoms with van der Waals surface area (Å²) in [5.41, 5.74) is 5.23. The number of phenolic OH excluding ortho intramolecular Hbond substituents is 1. The van der Waals surface area contributed by atoms with Crippen molar-refractivity contribution < 1.29 is 14.3 Å². The first-order valence-corrected chi connectivity index (χ1v) is 5.19. The first-order valence-electron chi connectivity index (χ1n) is 4.39. The van der Waals surface area contributed by atoms with Crippen molar-refractivity contribution in [2.45, 2.75) is 13.3 Å². The van der Waals surface area contributed by atoms with Crippen molar-refractivity contribution in [2.75, 3.05) is 6.54 Å². The van der Waals surface area contributed by atoms with Crippen LogP contribution in [0.25, 0.3) is 0 Å². The van der Waals surface area contributed by atoms with E-state index in [0.29, 0.717) is 10.0 Å². The van der Waals surface area contributed by atoms with E-state index in [1.54, 1.807) is 0 Å². The van der Waals surface area contributed by atoms with Crippen molar-refractivity contribution in [3.63, 3.8) is 0 Å². The Bertz CT molecular complexity index is 381. The van der Waals surface area contributed by atoms with Gasteiger partial charge in [0.1, 0.15) is 11.6 Å². The lowest BCUT2D eigenvalue weighted by Crippen LogP contribution is -2.11. The van der Waals surface area contributed by atoms with Gasteiger partial charge in [-0.15, -0.1) is 0 Å². The molecule has 3 N–H and O–H groups in total. The highest BCUT2D eigenvalue weighted by molar-refractivity contribution is 9.10. The Morgan fingerprint density at radius 3 is 2.80 bits per heavy atom. The van der Waals surface area contributed by atoms with Crippen LogP contribution in [-0.4, -0.2) is 17.4 Å². The Morgan fingerprint density at radius 2 is 2.27 bits per heavy atom. The summed E-state index contributed by atoms with van der Waals surface area (Å²) in [4.78, 5) is 11.5. The summed E-state index contributed by atoms with van der Waals surface area (Å²) in [5.74, 6) is -1.54. The van der Waals surface area contributed by atoms with Crippen molar-refractivity contribution in [1.82, 2.24) is 0 Å². The summed E-state index contributed by atoms with van der Waals surface area (Å²) in [6, 6.07) is 1.42. The van der Waals surface area contributed by atoms with Crippen LogP contribution in [0.1, 0.15) is 22.3 Å². The van der Waals surface area contributed by atoms with Gasteiger partial charge in [0.25, 0.3) is 0 Å². The number of hydrogen-bond acceptors (Lipinski definition) is 3. The summed E-state index contributed by atoms with van der Waals surface area (Å²) in [7, 11) is 0. The Balaban J connectivity index is 3.32. The quantitative estimate of drug-likeness (QED) is 0.831. The van der Waals surface area contributed by atoms with Gasteiger partial charge in [0.15, 0.2) is 5.78 Å². The molecule has 0 saturated carbocycles. The van der Waals surface area contributed by atoms with Gasteiger partial charge in [-0.05, 0) is 41.0 Å². The average Bonchev–Trinajstić information content (AvgIpc) is 2.16. The van der Waals surface area contributed by atoms with Gasteiger partial charge in [-0.1, -0.05) is 0 Å². The van der Waals surface area contributed by atoms with Crippen molar-refractivity contribution >= 4 is 21.7 Å². The van der Waals surface area contributed by atoms with E-state index in [1.807, 2.05) is 0 Å². The lowest BCUT2D eigenvalue weighted by Gasteiger charge is -2.08. The Morgan fingerprint density at radius 1 is 1.67 bits per heavy atom. The van der Waals surface area contributed by atoms with E-state index >= 15 is 0 Å². The Kier molecular flexibility index (Phi) is 3.82. The summed E-state index contributed by atoms with van der Waals surface area (Å²) >= 11 is 3.05. The molecule has 1 rings (SSSR count). The summed E-state index contributed by atoms with van der Waals surface area (Å²) < 4.78 is 13.9. The minimum atomic E-state index is -0.686. The fourth-order valence-corrected chi connectivity index (χ4v) is 1.79. The topological polar surface area (TPSA) is 63.3 Å². The number of carbonyl (C=O) groups excluding carboxylic acids is 1. The molecule has 3 nitrogen and oxygen atoms in total. The zero-order chi connectivity index (χ0) is 11.6. The van der Waals surface area contributed by atoms with Crippen molar-refractivity contribution in [1.29, 1.82) is 0 Å². The Hall–Kier alpha value is -0.940. The second-order valence-electron chi connectivity index (χ2n) is 3.17. The molecule has 0 aromatic heterocycles. The number of benzene rings is 1. The van der Waals surface area contributed by atoms with E-state index in [4.69, 9.17) is 5.73 Å². The van der Waals surface area contributed by atoms with Crippen LogP contribution in [0.15, 0.2) is 10.5 Å². The monoisotopic (exact) mass is 275 g/mol. The van der Waals surface area contributed by atoms with Gasteiger partial charge >= 0.3 is 0 Å². The summed E-state index contributed by atoms with van der Waals surface area (Å²) in [5, 5.41) is 9.55. The number of ketones is 1. The van der Waals surface area contributed by atoms with Crippen LogP contribution in [0.5, 0.6) is 5.75 Å². The van der Waals surface area contributed by atoms with Gasteiger partial charge in [-0.3, -0.25) is 4.79 Å². The van der Waals surface area contributed by atoms with Crippen molar-refractivity contribution in [3.8, 4) is 5.75 Å². The third kappa shape index (κ3) is 2.35. The molecule has 1 aromatic carbocycles. The third-order valence-electron chi connectivity index (χ3n) is 2.02. The number of hydrogen-bond donors (Lipinski definition) is 2. The molecule has 0 bridgehead atoms. The lowest BCUT2D eigenvalue weighted by molar-refractivity contribution is 0.0978. The van der Waals surface area contributed by atoms with Crippen LogP contribution >= 0.6 is 15.9 Å². The largest absolute Gasteiger partial charge is 0.506 e. The molecule has 0 atom stereocenters. The molecule has 0 saturated heterocycles. The summed E-state index contributed by atoms with van der Waals surface area (Å²) in [6.07, 6.45) is 0.0143. The van der Waals surface area contributed by atoms with Crippen LogP contribution in [-0.2, 0) is 0 Å². The predicted molar refractivity (Wildman–Crippen MR) is 58.5 cm³/mol. The van der Waals surface area contributed by atoms with Crippen LogP contribution in [0.2, 0.25) is 0 Å². The van der Waals surface area contributed by atoms with Gasteiger partial charge < -0.3 is 10.8 Å². The second kappa shape index (κ2) is 4.72. The van der Waals surface area contributed by atoms with Gasteiger partial charge in [0.05, 0.1) is 10.0 Å². The molecule has 5 heteroatoms. The molecule has 0 aliphatic carbocycles. The molecule has 1 aromatic rings. The zero-order valence-electron chi connectivity index (χ0n) is 8.18. The molecule has 82 valence electrons. The normalized spacial score (nSPS) is 10.4. The van der Waals surface area contributed by atoms with Crippen LogP contribution < -0.4 is 5.73 Å². The third-order valence-corrected chi connectivity index (χ3v) is 2.63. The number of Topliss-reactive ketones (excluding diaryl/α,β-unsaturated/α-hetero) is 1. The number of halogens is 2. The smallest absolute Gasteiger partial charge is 0.170 e. The van der Waals surface area contributed by atoms with E-state index in [2.05, 4.69) is 15.9 Å². The van der Waals surface area contributed by atoms with Crippen molar-refractivity contribution in [3.05, 3.63) is 27.5 Å². The first-order chi connectivity index (χ1) is 6.99. The highest BCUT2D eigenvalue weighted by Crippen LogP contribution is 2.32. The number of aryl methyl sites for hydroxylation is 1. The maximum absolute atomic E-state index is 13.6. The van der Waals surface area contributed by atoms with E-state index < -0.39 is 11.6 Å². The zero-order valence-corrected chi connectivity index (χ0v) is 9.77. The molecule has 0 aliphatic rings. The lowest BCUT2D eigenvalue weighted by atomic mass is 10.0. The number of rotatable bonds is 3. The van der Waals surface area contributed by atoms with Gasteiger partial charge in [-0.2, -0.15) is 0 Å². The van der Waals surface area contributed by atoms with E-state index in [1.165, 1.54) is 13.0 Å². The summed E-state index contributed by atoms with van der Waals surface area (Å²) in [6.45, 7) is 1.65. The molecule has 15 heavy (non-hydrogen) atoms. The maximum Gasteiger partial charge on any atom is 0.170 e. The van der Waals surface area contributed by atoms with Gasteiger partial charge in [0, 0.05) is 6.42 Å². The molecule has 0 spiro atoms. The molecule has 0 amide bonds. The molecular formula is C10H11BrFNO2. The van der Waals surface area contributed by atoms with Gasteiger partial charge in [-0.25, -0.2) is 4.39 Å². The Labute approximate surface area is 95.2 Å². The minimum Gasteiger partial charge on any atom is -0.506 e. The highest BCUT2D eigenvalue weighted by Gasteiger charge is 2.20. The number of phenols is 1. The highest BCUT2D eigenvalue weighted by atomic mass is 79.9. The minimum absolute atomic E-state index is 0.0143. The number of carbonyl (C=O) groups is 1. The molecule has 0 unspecified atom stereocenters.